The van der Waals surface area contributed by atoms with Crippen molar-refractivity contribution in [2.45, 2.75) is 24.0 Å². The van der Waals surface area contributed by atoms with Crippen LogP contribution in [0.25, 0.3) is 17.3 Å². The smallest absolute Gasteiger partial charge is 0.233 e. The molecule has 1 fully saturated rings. The summed E-state index contributed by atoms with van der Waals surface area (Å²) in [6.45, 7) is 0.810. The van der Waals surface area contributed by atoms with Crippen molar-refractivity contribution in [1.82, 2.24) is 19.7 Å². The first kappa shape index (κ1) is 19.1. The van der Waals surface area contributed by atoms with E-state index in [1.165, 1.54) is 16.6 Å². The minimum Gasteiger partial charge on any atom is -0.461 e. The lowest BCUT2D eigenvalue weighted by atomic mass is 10.2. The quantitative estimate of drug-likeness (QED) is 0.396. The Morgan fingerprint density at radius 3 is 2.80 bits per heavy atom. The molecule has 4 aromatic rings. The van der Waals surface area contributed by atoms with E-state index in [0.717, 1.165) is 25.1 Å². The molecule has 1 unspecified atom stereocenters. The van der Waals surface area contributed by atoms with Gasteiger partial charge in [-0.1, -0.05) is 36.0 Å². The van der Waals surface area contributed by atoms with Gasteiger partial charge in [0, 0.05) is 17.1 Å². The fourth-order valence-electron chi connectivity index (χ4n) is 3.79. The highest BCUT2D eigenvalue weighted by Gasteiger charge is 2.31. The van der Waals surface area contributed by atoms with Crippen LogP contribution in [0.1, 0.15) is 23.8 Å². The van der Waals surface area contributed by atoms with Crippen LogP contribution in [0.4, 0.5) is 0 Å². The van der Waals surface area contributed by atoms with Crippen molar-refractivity contribution >= 4 is 29.0 Å². The number of hydrogen-bond acceptors (Lipinski definition) is 6. The van der Waals surface area contributed by atoms with E-state index in [4.69, 9.17) is 4.42 Å². The highest BCUT2D eigenvalue weighted by atomic mass is 32.2. The molecular weight excluding hydrogens is 416 g/mol. The van der Waals surface area contributed by atoms with Crippen molar-refractivity contribution in [1.29, 1.82) is 0 Å². The van der Waals surface area contributed by atoms with Crippen molar-refractivity contribution in [3.8, 4) is 17.3 Å². The van der Waals surface area contributed by atoms with Gasteiger partial charge in [-0.15, -0.1) is 21.5 Å². The van der Waals surface area contributed by atoms with Crippen LogP contribution in [0.3, 0.4) is 0 Å². The monoisotopic (exact) mass is 436 g/mol. The number of furan rings is 1. The van der Waals surface area contributed by atoms with Gasteiger partial charge in [0.1, 0.15) is 0 Å². The largest absolute Gasteiger partial charge is 0.461 e. The third kappa shape index (κ3) is 3.68. The molecule has 1 aliphatic rings. The molecule has 6 nitrogen and oxygen atoms in total. The predicted octanol–water partition coefficient (Wildman–Crippen LogP) is 5.04. The normalized spacial score (nSPS) is 16.3. The maximum Gasteiger partial charge on any atom is 0.233 e. The Morgan fingerprint density at radius 2 is 2.03 bits per heavy atom. The number of amides is 1. The van der Waals surface area contributed by atoms with Crippen molar-refractivity contribution in [3.05, 3.63) is 71.1 Å². The molecule has 0 N–H and O–H groups in total. The number of carbonyl (C=O) groups excluding carboxylic acids is 1. The molecule has 4 heterocycles. The third-order valence-electron chi connectivity index (χ3n) is 5.16. The van der Waals surface area contributed by atoms with Crippen LogP contribution < -0.4 is 0 Å². The Balaban J connectivity index is 1.38. The molecule has 1 aromatic carbocycles. The number of hydrogen-bond donors (Lipinski definition) is 0. The molecular formula is C22H20N4O2S2. The van der Waals surface area contributed by atoms with Gasteiger partial charge < -0.3 is 9.32 Å². The zero-order chi connectivity index (χ0) is 20.3. The van der Waals surface area contributed by atoms with Crippen LogP contribution >= 0.6 is 23.1 Å². The fourth-order valence-corrected chi connectivity index (χ4v) is 5.50. The van der Waals surface area contributed by atoms with Crippen molar-refractivity contribution in [2.75, 3.05) is 12.3 Å². The summed E-state index contributed by atoms with van der Waals surface area (Å²) >= 11 is 3.13. The molecule has 5 rings (SSSR count). The highest BCUT2D eigenvalue weighted by molar-refractivity contribution is 7.99. The third-order valence-corrected chi connectivity index (χ3v) is 7.05. The van der Waals surface area contributed by atoms with Crippen LogP contribution in [-0.2, 0) is 4.79 Å². The van der Waals surface area contributed by atoms with Gasteiger partial charge in [0.15, 0.2) is 10.9 Å². The summed E-state index contributed by atoms with van der Waals surface area (Å²) in [5.74, 6) is 1.73. The molecule has 1 atom stereocenters. The van der Waals surface area contributed by atoms with E-state index in [1.54, 1.807) is 17.6 Å². The molecule has 1 aliphatic heterocycles. The van der Waals surface area contributed by atoms with Crippen LogP contribution in [0.5, 0.6) is 0 Å². The molecule has 1 amide bonds. The number of thiophene rings is 1. The van der Waals surface area contributed by atoms with Gasteiger partial charge in [0.05, 0.1) is 18.1 Å². The molecule has 3 aromatic heterocycles. The number of rotatable bonds is 6. The summed E-state index contributed by atoms with van der Waals surface area (Å²) in [6.07, 6.45) is 3.69. The van der Waals surface area contributed by atoms with Gasteiger partial charge >= 0.3 is 0 Å². The molecule has 0 bridgehead atoms. The number of carbonyl (C=O) groups is 1. The highest BCUT2D eigenvalue weighted by Crippen LogP contribution is 2.35. The van der Waals surface area contributed by atoms with Gasteiger partial charge in [-0.3, -0.25) is 9.36 Å². The Morgan fingerprint density at radius 1 is 1.13 bits per heavy atom. The summed E-state index contributed by atoms with van der Waals surface area (Å²) in [5, 5.41) is 11.5. The summed E-state index contributed by atoms with van der Waals surface area (Å²) < 4.78 is 7.49. The minimum absolute atomic E-state index is 0.137. The van der Waals surface area contributed by atoms with E-state index >= 15 is 0 Å². The molecule has 8 heteroatoms. The van der Waals surface area contributed by atoms with Gasteiger partial charge in [-0.2, -0.15) is 0 Å². The number of likely N-dealkylation sites (tertiary alicyclic amines) is 1. The molecule has 1 saturated heterocycles. The number of para-hydroxylation sites is 1. The number of thioether (sulfide) groups is 1. The lowest BCUT2D eigenvalue weighted by Crippen LogP contribution is -2.31. The summed E-state index contributed by atoms with van der Waals surface area (Å²) in [5.41, 5.74) is 0.932. The Hall–Kier alpha value is -2.84. The Kier molecular flexibility index (Phi) is 5.42. The number of benzene rings is 1. The zero-order valence-corrected chi connectivity index (χ0v) is 17.8. The van der Waals surface area contributed by atoms with Crippen LogP contribution in [0.15, 0.2) is 75.8 Å². The van der Waals surface area contributed by atoms with E-state index in [2.05, 4.69) is 21.6 Å². The molecule has 0 aliphatic carbocycles. The predicted molar refractivity (Wildman–Crippen MR) is 118 cm³/mol. The van der Waals surface area contributed by atoms with Crippen molar-refractivity contribution in [3.63, 3.8) is 0 Å². The van der Waals surface area contributed by atoms with Gasteiger partial charge in [-0.05, 0) is 48.6 Å². The lowest BCUT2D eigenvalue weighted by Gasteiger charge is -2.23. The van der Waals surface area contributed by atoms with Crippen molar-refractivity contribution < 1.29 is 9.21 Å². The second-order valence-corrected chi connectivity index (χ2v) is 8.93. The van der Waals surface area contributed by atoms with Crippen LogP contribution in [0, 0.1) is 0 Å². The molecule has 152 valence electrons. The van der Waals surface area contributed by atoms with E-state index < -0.39 is 0 Å². The van der Waals surface area contributed by atoms with E-state index in [9.17, 15) is 4.79 Å². The zero-order valence-electron chi connectivity index (χ0n) is 16.2. The van der Waals surface area contributed by atoms with Crippen LogP contribution in [0.2, 0.25) is 0 Å². The SMILES string of the molecule is O=C(CSc1nnc(-c2ccco2)n1-c1ccccc1)N1CCCC1c1cccs1. The topological polar surface area (TPSA) is 64.2 Å². The van der Waals surface area contributed by atoms with E-state index in [-0.39, 0.29) is 11.9 Å². The van der Waals surface area contributed by atoms with Crippen molar-refractivity contribution in [2.24, 2.45) is 0 Å². The van der Waals surface area contributed by atoms with Crippen LogP contribution in [-0.4, -0.2) is 37.9 Å². The molecule has 0 saturated carbocycles. The maximum atomic E-state index is 13.0. The lowest BCUT2D eigenvalue weighted by molar-refractivity contribution is -0.129. The number of aromatic nitrogens is 3. The van der Waals surface area contributed by atoms with Gasteiger partial charge in [0.25, 0.3) is 0 Å². The van der Waals surface area contributed by atoms with E-state index in [0.29, 0.717) is 22.5 Å². The summed E-state index contributed by atoms with van der Waals surface area (Å²) in [4.78, 5) is 16.3. The fraction of sp³-hybridized carbons (Fsp3) is 0.227. The average molecular weight is 437 g/mol. The Labute approximate surface area is 182 Å². The first-order chi connectivity index (χ1) is 14.8. The second kappa shape index (κ2) is 8.49. The molecule has 0 radical (unpaired) electrons. The first-order valence-electron chi connectivity index (χ1n) is 9.81. The first-order valence-corrected chi connectivity index (χ1v) is 11.7. The van der Waals surface area contributed by atoms with E-state index in [1.807, 2.05) is 58.0 Å². The molecule has 0 spiro atoms. The van der Waals surface area contributed by atoms with Gasteiger partial charge in [0.2, 0.25) is 11.7 Å². The second-order valence-electron chi connectivity index (χ2n) is 7.00. The molecule has 30 heavy (non-hydrogen) atoms. The summed E-state index contributed by atoms with van der Waals surface area (Å²) in [6, 6.07) is 18.0. The average Bonchev–Trinajstić information content (AvgIpc) is 3.57. The number of nitrogens with zero attached hydrogens (tertiary/aromatic N) is 4. The minimum atomic E-state index is 0.137. The maximum absolute atomic E-state index is 13.0. The summed E-state index contributed by atoms with van der Waals surface area (Å²) in [7, 11) is 0. The van der Waals surface area contributed by atoms with Gasteiger partial charge in [-0.25, -0.2) is 0 Å². The standard InChI is InChI=1S/C22H20N4O2S2/c27-20(25-12-4-9-17(25)19-11-6-14-29-19)15-30-22-24-23-21(18-10-5-13-28-18)26(22)16-7-2-1-3-8-16/h1-3,5-8,10-11,13-14,17H,4,9,12,15H2. The Bertz CT molecular complexity index is 1110.